The van der Waals surface area contributed by atoms with Gasteiger partial charge in [0.05, 0.1) is 23.9 Å². The van der Waals surface area contributed by atoms with Crippen LogP contribution in [-0.4, -0.2) is 61.8 Å². The SMILES string of the molecule is CS(=O)(=O)N[C@@H]1CCO[C@]2(CCN(C(=O)c3cscn3)C2)C1. The number of hydrogen-bond acceptors (Lipinski definition) is 6. The maximum absolute atomic E-state index is 12.3. The van der Waals surface area contributed by atoms with Gasteiger partial charge in [0, 0.05) is 24.6 Å². The molecule has 2 fully saturated rings. The monoisotopic (exact) mass is 345 g/mol. The molecule has 7 nitrogen and oxygen atoms in total. The van der Waals surface area contributed by atoms with Crippen LogP contribution in [0, 0.1) is 0 Å². The van der Waals surface area contributed by atoms with Gasteiger partial charge in [0.2, 0.25) is 10.0 Å². The molecule has 1 N–H and O–H groups in total. The third-order valence-corrected chi connectivity index (χ3v) is 5.48. The van der Waals surface area contributed by atoms with Crippen molar-refractivity contribution in [3.63, 3.8) is 0 Å². The Morgan fingerprint density at radius 2 is 2.41 bits per heavy atom. The van der Waals surface area contributed by atoms with E-state index in [9.17, 15) is 13.2 Å². The van der Waals surface area contributed by atoms with Crippen molar-refractivity contribution in [3.8, 4) is 0 Å². The molecule has 22 heavy (non-hydrogen) atoms. The number of ether oxygens (including phenoxy) is 1. The fourth-order valence-electron chi connectivity index (χ4n) is 3.21. The molecule has 1 amide bonds. The lowest BCUT2D eigenvalue weighted by Gasteiger charge is -2.38. The zero-order chi connectivity index (χ0) is 15.8. The molecule has 0 radical (unpaired) electrons. The first-order valence-electron chi connectivity index (χ1n) is 7.16. The summed E-state index contributed by atoms with van der Waals surface area (Å²) in [4.78, 5) is 18.1. The van der Waals surface area contributed by atoms with E-state index in [0.717, 1.165) is 6.42 Å². The number of amides is 1. The van der Waals surface area contributed by atoms with Crippen molar-refractivity contribution in [2.24, 2.45) is 0 Å². The molecule has 2 atom stereocenters. The van der Waals surface area contributed by atoms with Crippen molar-refractivity contribution in [1.82, 2.24) is 14.6 Å². The third kappa shape index (κ3) is 3.48. The minimum absolute atomic E-state index is 0.0834. The number of nitrogens with one attached hydrogen (secondary N) is 1. The normalized spacial score (nSPS) is 29.1. The van der Waals surface area contributed by atoms with E-state index in [4.69, 9.17) is 4.74 Å². The molecule has 3 heterocycles. The van der Waals surface area contributed by atoms with Crippen LogP contribution >= 0.6 is 11.3 Å². The van der Waals surface area contributed by atoms with Crippen molar-refractivity contribution in [3.05, 3.63) is 16.6 Å². The molecule has 0 unspecified atom stereocenters. The molecule has 2 aliphatic rings. The van der Waals surface area contributed by atoms with Gasteiger partial charge < -0.3 is 9.64 Å². The fraction of sp³-hybridized carbons (Fsp3) is 0.692. The lowest BCUT2D eigenvalue weighted by molar-refractivity contribution is -0.0763. The van der Waals surface area contributed by atoms with Crippen molar-refractivity contribution in [1.29, 1.82) is 0 Å². The largest absolute Gasteiger partial charge is 0.373 e. The number of hydrogen-bond donors (Lipinski definition) is 1. The van der Waals surface area contributed by atoms with Crippen LogP contribution in [0.3, 0.4) is 0 Å². The van der Waals surface area contributed by atoms with Gasteiger partial charge in [0.25, 0.3) is 5.91 Å². The lowest BCUT2D eigenvalue weighted by atomic mass is 9.90. The maximum Gasteiger partial charge on any atom is 0.273 e. The minimum atomic E-state index is -3.23. The zero-order valence-corrected chi connectivity index (χ0v) is 14.0. The van der Waals surface area contributed by atoms with Crippen LogP contribution < -0.4 is 4.72 Å². The first-order valence-corrected chi connectivity index (χ1v) is 9.99. The molecule has 2 aliphatic heterocycles. The average molecular weight is 345 g/mol. The molecule has 0 aromatic carbocycles. The highest BCUT2D eigenvalue weighted by Crippen LogP contribution is 2.35. The summed E-state index contributed by atoms with van der Waals surface area (Å²) in [5, 5.41) is 1.74. The first kappa shape index (κ1) is 15.9. The number of nitrogens with zero attached hydrogens (tertiary/aromatic N) is 2. The minimum Gasteiger partial charge on any atom is -0.373 e. The summed E-state index contributed by atoms with van der Waals surface area (Å²) in [6, 6.07) is -0.127. The predicted octanol–water partition coefficient (Wildman–Crippen LogP) is 0.456. The summed E-state index contributed by atoms with van der Waals surface area (Å²) in [7, 11) is -3.23. The molecule has 0 saturated carbocycles. The number of rotatable bonds is 3. The number of carbonyl (C=O) groups is 1. The fourth-order valence-corrected chi connectivity index (χ4v) is 4.55. The molecule has 122 valence electrons. The zero-order valence-electron chi connectivity index (χ0n) is 12.3. The van der Waals surface area contributed by atoms with Crippen LogP contribution in [0.25, 0.3) is 0 Å². The molecule has 1 spiro atoms. The Morgan fingerprint density at radius 3 is 3.09 bits per heavy atom. The van der Waals surface area contributed by atoms with Gasteiger partial charge in [0.15, 0.2) is 0 Å². The molecular weight excluding hydrogens is 326 g/mol. The lowest BCUT2D eigenvalue weighted by Crippen LogP contribution is -2.50. The molecule has 1 aromatic rings. The molecule has 1 aromatic heterocycles. The summed E-state index contributed by atoms with van der Waals surface area (Å²) in [5.41, 5.74) is 1.66. The number of thiazole rings is 1. The standard InChI is InChI=1S/C13H19N3O4S2/c1-22(18,19)15-10-2-5-20-13(6-10)3-4-16(8-13)12(17)11-7-21-9-14-11/h7,9-10,15H,2-6,8H2,1H3/t10-,13-/m1/s1. The van der Waals surface area contributed by atoms with Crippen molar-refractivity contribution >= 4 is 27.3 Å². The molecule has 0 aliphatic carbocycles. The second-order valence-electron chi connectivity index (χ2n) is 5.96. The quantitative estimate of drug-likeness (QED) is 0.859. The van der Waals surface area contributed by atoms with Gasteiger partial charge in [-0.05, 0) is 19.3 Å². The van der Waals surface area contributed by atoms with Gasteiger partial charge in [-0.3, -0.25) is 4.79 Å². The van der Waals surface area contributed by atoms with Crippen LogP contribution in [0.15, 0.2) is 10.9 Å². The summed E-state index contributed by atoms with van der Waals surface area (Å²) in [6.45, 7) is 1.61. The van der Waals surface area contributed by atoms with Gasteiger partial charge in [-0.25, -0.2) is 18.1 Å². The van der Waals surface area contributed by atoms with E-state index in [1.807, 2.05) is 0 Å². The summed E-state index contributed by atoms with van der Waals surface area (Å²) < 4.78 is 31.4. The highest BCUT2D eigenvalue weighted by molar-refractivity contribution is 7.88. The van der Waals surface area contributed by atoms with Gasteiger partial charge in [-0.1, -0.05) is 0 Å². The smallest absolute Gasteiger partial charge is 0.273 e. The van der Waals surface area contributed by atoms with Crippen molar-refractivity contribution < 1.29 is 17.9 Å². The van der Waals surface area contributed by atoms with Gasteiger partial charge in [-0.2, -0.15) is 0 Å². The summed E-state index contributed by atoms with van der Waals surface area (Å²) in [5.74, 6) is -0.0834. The topological polar surface area (TPSA) is 88.6 Å². The Bertz CT molecular complexity index is 646. The average Bonchev–Trinajstić information content (AvgIpc) is 3.06. The van der Waals surface area contributed by atoms with Crippen molar-refractivity contribution in [2.75, 3.05) is 26.0 Å². The highest BCUT2D eigenvalue weighted by atomic mass is 32.2. The van der Waals surface area contributed by atoms with E-state index in [-0.39, 0.29) is 11.9 Å². The Labute approximate surface area is 133 Å². The molecule has 0 bridgehead atoms. The second-order valence-corrected chi connectivity index (χ2v) is 8.46. The number of carbonyl (C=O) groups excluding carboxylic acids is 1. The first-order chi connectivity index (χ1) is 10.4. The Morgan fingerprint density at radius 1 is 1.59 bits per heavy atom. The third-order valence-electron chi connectivity index (χ3n) is 4.13. The van der Waals surface area contributed by atoms with Gasteiger partial charge >= 0.3 is 0 Å². The van der Waals surface area contributed by atoms with Crippen LogP contribution in [0.2, 0.25) is 0 Å². The van der Waals surface area contributed by atoms with E-state index in [1.165, 1.54) is 17.6 Å². The molecule has 2 saturated heterocycles. The van der Waals surface area contributed by atoms with Crippen LogP contribution in [0.4, 0.5) is 0 Å². The summed E-state index contributed by atoms with van der Waals surface area (Å²) in [6.07, 6.45) is 3.16. The Balaban J connectivity index is 1.66. The van der Waals surface area contributed by atoms with Crippen LogP contribution in [-0.2, 0) is 14.8 Å². The Hall–Kier alpha value is -1.03. The molecular formula is C13H19N3O4S2. The Kier molecular flexibility index (Phi) is 4.23. The second kappa shape index (κ2) is 5.88. The van der Waals surface area contributed by atoms with E-state index < -0.39 is 15.6 Å². The maximum atomic E-state index is 12.3. The summed E-state index contributed by atoms with van der Waals surface area (Å²) >= 11 is 1.39. The van der Waals surface area contributed by atoms with E-state index in [1.54, 1.807) is 15.8 Å². The highest BCUT2D eigenvalue weighted by Gasteiger charge is 2.45. The number of sulfonamides is 1. The molecule has 3 rings (SSSR count). The predicted molar refractivity (Wildman–Crippen MR) is 82.3 cm³/mol. The van der Waals surface area contributed by atoms with Crippen molar-refractivity contribution in [2.45, 2.75) is 30.9 Å². The molecule has 9 heteroatoms. The number of aromatic nitrogens is 1. The number of likely N-dealkylation sites (tertiary alicyclic amines) is 1. The van der Waals surface area contributed by atoms with Gasteiger partial charge in [0.1, 0.15) is 5.69 Å². The van der Waals surface area contributed by atoms with Gasteiger partial charge in [-0.15, -0.1) is 11.3 Å². The van der Waals surface area contributed by atoms with Crippen LogP contribution in [0.1, 0.15) is 29.8 Å². The van der Waals surface area contributed by atoms with Crippen LogP contribution in [0.5, 0.6) is 0 Å². The van der Waals surface area contributed by atoms with E-state index >= 15 is 0 Å². The van der Waals surface area contributed by atoms with E-state index in [0.29, 0.717) is 38.2 Å². The van der Waals surface area contributed by atoms with E-state index in [2.05, 4.69) is 9.71 Å².